The van der Waals surface area contributed by atoms with E-state index in [1.807, 2.05) is 24.3 Å². The van der Waals surface area contributed by atoms with Gasteiger partial charge in [0.25, 0.3) is 0 Å². The molecule has 4 nitrogen and oxygen atoms in total. The number of amides is 2. The van der Waals surface area contributed by atoms with E-state index in [1.165, 1.54) is 4.90 Å². The van der Waals surface area contributed by atoms with Crippen LogP contribution in [0, 0.1) is 9.49 Å². The molecule has 0 saturated carbocycles. The van der Waals surface area contributed by atoms with Gasteiger partial charge >= 0.3 is 0 Å². The lowest BCUT2D eigenvalue weighted by molar-refractivity contribution is -0.124. The van der Waals surface area contributed by atoms with Crippen molar-refractivity contribution in [2.75, 3.05) is 11.5 Å². The fourth-order valence-electron chi connectivity index (χ4n) is 2.73. The van der Waals surface area contributed by atoms with Crippen molar-refractivity contribution in [3.05, 3.63) is 27.8 Å². The number of imide groups is 1. The summed E-state index contributed by atoms with van der Waals surface area (Å²) in [5.74, 6) is -0.529. The van der Waals surface area contributed by atoms with Gasteiger partial charge in [0.15, 0.2) is 0 Å². The van der Waals surface area contributed by atoms with E-state index in [1.54, 1.807) is 0 Å². The Bertz CT molecular complexity index is 508. The van der Waals surface area contributed by atoms with Crippen molar-refractivity contribution in [2.45, 2.75) is 25.4 Å². The number of carbonyl (C=O) groups excluding carboxylic acids is 2. The second-order valence-corrected chi connectivity index (χ2v) is 6.15. The predicted octanol–water partition coefficient (Wildman–Crippen LogP) is 2.35. The summed E-state index contributed by atoms with van der Waals surface area (Å²) in [5.41, 5.74) is 0.663. The van der Waals surface area contributed by atoms with Crippen LogP contribution in [-0.4, -0.2) is 24.5 Å². The minimum atomic E-state index is -0.297. The molecule has 3 rings (SSSR count). The van der Waals surface area contributed by atoms with Gasteiger partial charge < -0.3 is 4.74 Å². The third-order valence-electron chi connectivity index (χ3n) is 3.68. The van der Waals surface area contributed by atoms with Crippen LogP contribution in [0.4, 0.5) is 5.69 Å². The Balaban J connectivity index is 1.84. The average Bonchev–Trinajstić information content (AvgIpc) is 3.00. The van der Waals surface area contributed by atoms with Crippen molar-refractivity contribution in [3.8, 4) is 0 Å². The maximum Gasteiger partial charge on any atom is 0.240 e. The minimum Gasteiger partial charge on any atom is -0.377 e. The van der Waals surface area contributed by atoms with Gasteiger partial charge in [-0.3, -0.25) is 14.5 Å². The van der Waals surface area contributed by atoms with Gasteiger partial charge in [0.1, 0.15) is 0 Å². The first kappa shape index (κ1) is 13.1. The molecule has 5 heteroatoms. The molecule has 2 saturated heterocycles. The molecule has 1 aromatic carbocycles. The zero-order chi connectivity index (χ0) is 13.4. The van der Waals surface area contributed by atoms with Crippen molar-refractivity contribution >= 4 is 40.1 Å². The highest BCUT2D eigenvalue weighted by Crippen LogP contribution is 2.33. The fourth-order valence-corrected chi connectivity index (χ4v) is 3.09. The van der Waals surface area contributed by atoms with E-state index in [0.29, 0.717) is 12.3 Å². The first-order valence-electron chi connectivity index (χ1n) is 6.41. The van der Waals surface area contributed by atoms with Crippen LogP contribution < -0.4 is 4.90 Å². The summed E-state index contributed by atoms with van der Waals surface area (Å²) in [7, 11) is 0. The van der Waals surface area contributed by atoms with Crippen LogP contribution in [0.2, 0.25) is 0 Å². The summed E-state index contributed by atoms with van der Waals surface area (Å²) >= 11 is 2.20. The number of nitrogens with zero attached hydrogens (tertiary/aromatic N) is 1. The van der Waals surface area contributed by atoms with E-state index in [2.05, 4.69) is 22.6 Å². The van der Waals surface area contributed by atoms with Crippen molar-refractivity contribution < 1.29 is 14.3 Å². The molecular formula is C14H14INO3. The molecule has 2 heterocycles. The highest BCUT2D eigenvalue weighted by atomic mass is 127. The molecular weight excluding hydrogens is 357 g/mol. The molecule has 0 bridgehead atoms. The maximum atomic E-state index is 12.4. The Morgan fingerprint density at radius 3 is 2.58 bits per heavy atom. The highest BCUT2D eigenvalue weighted by Gasteiger charge is 2.44. The van der Waals surface area contributed by atoms with Crippen molar-refractivity contribution in [2.24, 2.45) is 5.92 Å². The van der Waals surface area contributed by atoms with Gasteiger partial charge in [0.2, 0.25) is 11.8 Å². The number of ether oxygens (including phenoxy) is 1. The Morgan fingerprint density at radius 1 is 1.21 bits per heavy atom. The molecule has 0 unspecified atom stereocenters. The number of hydrogen-bond donors (Lipinski definition) is 0. The van der Waals surface area contributed by atoms with Gasteiger partial charge in [-0.15, -0.1) is 0 Å². The lowest BCUT2D eigenvalue weighted by Crippen LogP contribution is -2.33. The second-order valence-electron chi connectivity index (χ2n) is 4.91. The Morgan fingerprint density at radius 2 is 1.95 bits per heavy atom. The predicted molar refractivity (Wildman–Crippen MR) is 78.7 cm³/mol. The quantitative estimate of drug-likeness (QED) is 0.592. The third kappa shape index (κ3) is 2.41. The number of rotatable bonds is 2. The molecule has 0 spiro atoms. The number of hydrogen-bond acceptors (Lipinski definition) is 3. The smallest absolute Gasteiger partial charge is 0.240 e. The van der Waals surface area contributed by atoms with Crippen LogP contribution in [0.3, 0.4) is 0 Å². The molecule has 0 aliphatic carbocycles. The Hall–Kier alpha value is -0.950. The summed E-state index contributed by atoms with van der Waals surface area (Å²) in [6.45, 7) is 0.701. The van der Waals surface area contributed by atoms with Crippen LogP contribution in [0.1, 0.15) is 19.3 Å². The van der Waals surface area contributed by atoms with Gasteiger partial charge in [-0.2, -0.15) is 0 Å². The van der Waals surface area contributed by atoms with Crippen molar-refractivity contribution in [1.82, 2.24) is 0 Å². The average molecular weight is 371 g/mol. The second kappa shape index (κ2) is 5.20. The van der Waals surface area contributed by atoms with E-state index in [4.69, 9.17) is 4.74 Å². The monoisotopic (exact) mass is 371 g/mol. The van der Waals surface area contributed by atoms with Crippen LogP contribution in [0.15, 0.2) is 24.3 Å². The standard InChI is InChI=1S/C14H14INO3/c15-9-3-5-10(6-4-9)16-13(17)8-11(14(16)18)12-2-1-7-19-12/h3-6,11-12H,1-2,7-8H2/t11-,12+/m1/s1. The molecule has 2 aliphatic rings. The molecule has 0 radical (unpaired) electrons. The molecule has 19 heavy (non-hydrogen) atoms. The maximum absolute atomic E-state index is 12.4. The molecule has 0 aromatic heterocycles. The van der Waals surface area contributed by atoms with E-state index < -0.39 is 0 Å². The largest absolute Gasteiger partial charge is 0.377 e. The highest BCUT2D eigenvalue weighted by molar-refractivity contribution is 14.1. The lowest BCUT2D eigenvalue weighted by Gasteiger charge is -2.17. The van der Waals surface area contributed by atoms with E-state index in [-0.39, 0.29) is 30.3 Å². The van der Waals surface area contributed by atoms with Crippen molar-refractivity contribution in [1.29, 1.82) is 0 Å². The molecule has 1 aromatic rings. The number of carbonyl (C=O) groups is 2. The molecule has 2 fully saturated rings. The summed E-state index contributed by atoms with van der Waals surface area (Å²) in [6.07, 6.45) is 2.05. The van der Waals surface area contributed by atoms with Gasteiger partial charge in [0, 0.05) is 16.6 Å². The summed E-state index contributed by atoms with van der Waals surface area (Å²) in [6, 6.07) is 7.43. The minimum absolute atomic E-state index is 0.0784. The van der Waals surface area contributed by atoms with Crippen LogP contribution >= 0.6 is 22.6 Å². The number of halogens is 1. The summed E-state index contributed by atoms with van der Waals surface area (Å²) in [5, 5.41) is 0. The van der Waals surface area contributed by atoms with Crippen LogP contribution in [-0.2, 0) is 14.3 Å². The van der Waals surface area contributed by atoms with Gasteiger partial charge in [-0.1, -0.05) is 0 Å². The Kier molecular flexibility index (Phi) is 3.58. The van der Waals surface area contributed by atoms with Crippen LogP contribution in [0.25, 0.3) is 0 Å². The Labute approximate surface area is 125 Å². The zero-order valence-corrected chi connectivity index (χ0v) is 12.5. The first-order valence-corrected chi connectivity index (χ1v) is 7.48. The fraction of sp³-hybridized carbons (Fsp3) is 0.429. The lowest BCUT2D eigenvalue weighted by atomic mass is 9.98. The van der Waals surface area contributed by atoms with Gasteiger partial charge in [-0.05, 0) is 59.7 Å². The molecule has 2 amide bonds. The van der Waals surface area contributed by atoms with E-state index in [0.717, 1.165) is 16.4 Å². The van der Waals surface area contributed by atoms with Crippen molar-refractivity contribution in [3.63, 3.8) is 0 Å². The van der Waals surface area contributed by atoms with Gasteiger partial charge in [0.05, 0.1) is 17.7 Å². The molecule has 100 valence electrons. The van der Waals surface area contributed by atoms with Gasteiger partial charge in [-0.25, -0.2) is 0 Å². The topological polar surface area (TPSA) is 46.6 Å². The molecule has 0 N–H and O–H groups in total. The third-order valence-corrected chi connectivity index (χ3v) is 4.40. The number of anilines is 1. The SMILES string of the molecule is O=C1C[C@H]([C@@H]2CCCO2)C(=O)N1c1ccc(I)cc1. The molecule has 2 aliphatic heterocycles. The summed E-state index contributed by atoms with van der Waals surface area (Å²) in [4.78, 5) is 25.8. The summed E-state index contributed by atoms with van der Waals surface area (Å²) < 4.78 is 6.64. The molecule has 2 atom stereocenters. The first-order chi connectivity index (χ1) is 9.16. The van der Waals surface area contributed by atoms with E-state index in [9.17, 15) is 9.59 Å². The van der Waals surface area contributed by atoms with E-state index >= 15 is 0 Å². The normalized spacial score (nSPS) is 27.3. The zero-order valence-electron chi connectivity index (χ0n) is 10.3. The van der Waals surface area contributed by atoms with Crippen LogP contribution in [0.5, 0.6) is 0 Å². The number of benzene rings is 1.